The highest BCUT2D eigenvalue weighted by molar-refractivity contribution is 5.94. The third-order valence-electron chi connectivity index (χ3n) is 3.61. The number of hydrogen-bond acceptors (Lipinski definition) is 3. The van der Waals surface area contributed by atoms with E-state index in [0.29, 0.717) is 22.3 Å². The highest BCUT2D eigenvalue weighted by Gasteiger charge is 2.09. The molecule has 0 bridgehead atoms. The third-order valence-corrected chi connectivity index (χ3v) is 3.61. The molecule has 0 aliphatic carbocycles. The smallest absolute Gasteiger partial charge is 0.137 e. The van der Waals surface area contributed by atoms with E-state index in [9.17, 15) is 4.39 Å². The molecule has 0 aliphatic rings. The molecule has 0 spiro atoms. The first kappa shape index (κ1) is 11.8. The van der Waals surface area contributed by atoms with Gasteiger partial charge in [-0.25, -0.2) is 9.37 Å². The normalized spacial score (nSPS) is 11.3. The summed E-state index contributed by atoms with van der Waals surface area (Å²) in [5.74, 6) is 0.361. The number of aromatic nitrogens is 3. The van der Waals surface area contributed by atoms with E-state index in [1.54, 1.807) is 24.5 Å². The van der Waals surface area contributed by atoms with E-state index in [4.69, 9.17) is 5.73 Å². The average Bonchev–Trinajstić information content (AvgIpc) is 2.95. The molecule has 4 aromatic rings. The first-order valence-corrected chi connectivity index (χ1v) is 6.49. The summed E-state index contributed by atoms with van der Waals surface area (Å²) in [5, 5.41) is 2.15. The Morgan fingerprint density at radius 3 is 2.86 bits per heavy atom. The molecule has 4 nitrogen and oxygen atoms in total. The molecule has 4 rings (SSSR count). The molecule has 0 aliphatic heterocycles. The quantitative estimate of drug-likeness (QED) is 0.543. The summed E-state index contributed by atoms with van der Waals surface area (Å²) >= 11 is 0. The molecule has 0 unspecified atom stereocenters. The minimum Gasteiger partial charge on any atom is -0.398 e. The minimum atomic E-state index is -0.322. The molecule has 102 valence electrons. The lowest BCUT2D eigenvalue weighted by Gasteiger charge is -2.08. The lowest BCUT2D eigenvalue weighted by molar-refractivity contribution is 0.639. The molecule has 21 heavy (non-hydrogen) atoms. The lowest BCUT2D eigenvalue weighted by atomic mass is 10.1. The Hall–Kier alpha value is -2.95. The Morgan fingerprint density at radius 2 is 1.95 bits per heavy atom. The number of nitrogen functional groups attached to an aromatic ring is 1. The predicted molar refractivity (Wildman–Crippen MR) is 80.7 cm³/mol. The molecule has 3 heterocycles. The Morgan fingerprint density at radius 1 is 1.05 bits per heavy atom. The number of halogens is 1. The number of hydrogen-bond donors (Lipinski definition) is 1. The van der Waals surface area contributed by atoms with Gasteiger partial charge in [-0.15, -0.1) is 0 Å². The second-order valence-electron chi connectivity index (χ2n) is 4.84. The van der Waals surface area contributed by atoms with Crippen LogP contribution < -0.4 is 5.73 Å². The molecule has 0 saturated carbocycles. The molecule has 0 atom stereocenters. The van der Waals surface area contributed by atoms with E-state index in [2.05, 4.69) is 9.97 Å². The number of rotatable bonds is 1. The Balaban J connectivity index is 2.01. The van der Waals surface area contributed by atoms with Crippen LogP contribution in [0.3, 0.4) is 0 Å². The van der Waals surface area contributed by atoms with Gasteiger partial charge in [0.25, 0.3) is 0 Å². The summed E-state index contributed by atoms with van der Waals surface area (Å²) in [6, 6.07) is 8.63. The summed E-state index contributed by atoms with van der Waals surface area (Å²) < 4.78 is 15.7. The predicted octanol–water partition coefficient (Wildman–Crippen LogP) is 3.30. The van der Waals surface area contributed by atoms with E-state index in [1.165, 1.54) is 12.3 Å². The van der Waals surface area contributed by atoms with Gasteiger partial charge >= 0.3 is 0 Å². The molecule has 0 saturated heterocycles. The molecular weight excluding hydrogens is 267 g/mol. The van der Waals surface area contributed by atoms with Crippen LogP contribution in [0.5, 0.6) is 0 Å². The van der Waals surface area contributed by atoms with Crippen LogP contribution >= 0.6 is 0 Å². The number of anilines is 1. The van der Waals surface area contributed by atoms with Crippen molar-refractivity contribution in [3.63, 3.8) is 0 Å². The summed E-state index contributed by atoms with van der Waals surface area (Å²) in [4.78, 5) is 8.47. The molecule has 1 aromatic carbocycles. The van der Waals surface area contributed by atoms with Crippen molar-refractivity contribution >= 4 is 27.4 Å². The maximum absolute atomic E-state index is 13.8. The van der Waals surface area contributed by atoms with Crippen LogP contribution in [-0.2, 0) is 0 Å². The zero-order chi connectivity index (χ0) is 14.4. The van der Waals surface area contributed by atoms with Crippen molar-refractivity contribution in [1.29, 1.82) is 0 Å². The van der Waals surface area contributed by atoms with Crippen LogP contribution in [0.25, 0.3) is 27.5 Å². The summed E-state index contributed by atoms with van der Waals surface area (Å²) in [7, 11) is 0. The van der Waals surface area contributed by atoms with Crippen molar-refractivity contribution in [2.45, 2.75) is 0 Å². The van der Waals surface area contributed by atoms with Crippen molar-refractivity contribution < 1.29 is 4.39 Å². The Kier molecular flexibility index (Phi) is 2.41. The van der Waals surface area contributed by atoms with Crippen molar-refractivity contribution in [3.8, 4) is 5.82 Å². The molecule has 0 radical (unpaired) electrons. The molecular formula is C16H11FN4. The monoisotopic (exact) mass is 278 g/mol. The van der Waals surface area contributed by atoms with Gasteiger partial charge in [0, 0.05) is 40.4 Å². The van der Waals surface area contributed by atoms with Gasteiger partial charge in [-0.05, 0) is 30.3 Å². The van der Waals surface area contributed by atoms with E-state index in [1.807, 2.05) is 22.9 Å². The molecule has 3 aromatic heterocycles. The van der Waals surface area contributed by atoms with Crippen molar-refractivity contribution in [2.24, 2.45) is 0 Å². The first-order chi connectivity index (χ1) is 10.2. The number of nitrogens with two attached hydrogens (primary N) is 1. The van der Waals surface area contributed by atoms with Gasteiger partial charge in [0.15, 0.2) is 0 Å². The van der Waals surface area contributed by atoms with E-state index < -0.39 is 0 Å². The van der Waals surface area contributed by atoms with Crippen LogP contribution in [0, 0.1) is 5.82 Å². The van der Waals surface area contributed by atoms with Crippen LogP contribution in [0.15, 0.2) is 55.1 Å². The fraction of sp³-hybridized carbons (Fsp3) is 0. The highest BCUT2D eigenvalue weighted by atomic mass is 19.1. The molecule has 0 amide bonds. The zero-order valence-corrected chi connectivity index (χ0v) is 11.0. The van der Waals surface area contributed by atoms with Crippen molar-refractivity contribution in [1.82, 2.24) is 14.5 Å². The Bertz CT molecular complexity index is 975. The topological polar surface area (TPSA) is 56.7 Å². The maximum Gasteiger partial charge on any atom is 0.137 e. The molecule has 2 N–H and O–H groups in total. The third kappa shape index (κ3) is 1.74. The summed E-state index contributed by atoms with van der Waals surface area (Å²) in [6.45, 7) is 0. The van der Waals surface area contributed by atoms with E-state index in [0.717, 1.165) is 10.9 Å². The second kappa shape index (κ2) is 4.28. The zero-order valence-electron chi connectivity index (χ0n) is 11.0. The average molecular weight is 278 g/mol. The number of benzene rings is 1. The molecule has 0 fully saturated rings. The standard InChI is InChI=1S/C16H11FN4/c17-13-1-2-14(18)11-7-16(20-8-12(11)13)21-6-4-10-3-5-19-9-15(10)21/h1-9H,18H2. The number of nitrogens with zero attached hydrogens (tertiary/aromatic N) is 3. The minimum absolute atomic E-state index is 0.322. The lowest BCUT2D eigenvalue weighted by Crippen LogP contribution is -1.98. The van der Waals surface area contributed by atoms with Crippen LogP contribution in [0.2, 0.25) is 0 Å². The fourth-order valence-electron chi connectivity index (χ4n) is 2.52. The molecule has 5 heteroatoms. The summed E-state index contributed by atoms with van der Waals surface area (Å²) in [6.07, 6.45) is 6.94. The SMILES string of the molecule is Nc1ccc(F)c2cnc(-n3ccc4ccncc43)cc12. The maximum atomic E-state index is 13.8. The first-order valence-electron chi connectivity index (χ1n) is 6.49. The van der Waals surface area contributed by atoms with Gasteiger partial charge in [0.05, 0.1) is 11.7 Å². The van der Waals surface area contributed by atoms with Crippen molar-refractivity contribution in [3.05, 3.63) is 60.9 Å². The van der Waals surface area contributed by atoms with Gasteiger partial charge in [0.1, 0.15) is 11.6 Å². The largest absolute Gasteiger partial charge is 0.398 e. The Labute approximate surface area is 119 Å². The van der Waals surface area contributed by atoms with Gasteiger partial charge < -0.3 is 5.73 Å². The highest BCUT2D eigenvalue weighted by Crippen LogP contribution is 2.26. The van der Waals surface area contributed by atoms with Gasteiger partial charge in [-0.2, -0.15) is 0 Å². The number of fused-ring (bicyclic) bond motifs is 2. The van der Waals surface area contributed by atoms with E-state index in [-0.39, 0.29) is 5.82 Å². The van der Waals surface area contributed by atoms with E-state index >= 15 is 0 Å². The van der Waals surface area contributed by atoms with Crippen molar-refractivity contribution in [2.75, 3.05) is 5.73 Å². The van der Waals surface area contributed by atoms with Crippen LogP contribution in [0.4, 0.5) is 10.1 Å². The summed E-state index contributed by atoms with van der Waals surface area (Å²) in [5.41, 5.74) is 7.42. The fourth-order valence-corrected chi connectivity index (χ4v) is 2.52. The number of pyridine rings is 2. The van der Waals surface area contributed by atoms with Gasteiger partial charge in [-0.3, -0.25) is 9.55 Å². The van der Waals surface area contributed by atoms with Crippen LogP contribution in [-0.4, -0.2) is 14.5 Å². The van der Waals surface area contributed by atoms with Crippen LogP contribution in [0.1, 0.15) is 0 Å². The van der Waals surface area contributed by atoms with Gasteiger partial charge in [0.2, 0.25) is 0 Å². The second-order valence-corrected chi connectivity index (χ2v) is 4.84. The van der Waals surface area contributed by atoms with Gasteiger partial charge in [-0.1, -0.05) is 0 Å².